The van der Waals surface area contributed by atoms with Gasteiger partial charge in [0.2, 0.25) is 5.91 Å². The number of benzene rings is 2. The molecular weight excluding hydrogens is 284 g/mol. The molecule has 0 bridgehead atoms. The maximum Gasteiger partial charge on any atom is 0.224 e. The van der Waals surface area contributed by atoms with Gasteiger partial charge in [-0.1, -0.05) is 30.7 Å². The van der Waals surface area contributed by atoms with Crippen LogP contribution in [0.25, 0.3) is 0 Å². The molecule has 0 aliphatic carbocycles. The lowest BCUT2D eigenvalue weighted by molar-refractivity contribution is -0.115. The molecule has 1 amide bonds. The van der Waals surface area contributed by atoms with Gasteiger partial charge in [-0.2, -0.15) is 0 Å². The fourth-order valence-corrected chi connectivity index (χ4v) is 2.18. The highest BCUT2D eigenvalue weighted by Gasteiger charge is 1.99. The molecule has 0 aliphatic heterocycles. The van der Waals surface area contributed by atoms with Crippen LogP contribution in [0.4, 0.5) is 11.4 Å². The largest absolute Gasteiger partial charge is 0.385 e. The number of carbonyl (C=O) groups is 1. The minimum absolute atomic E-state index is 0.0247. The first-order chi connectivity index (χ1) is 10.2. The lowest BCUT2D eigenvalue weighted by Gasteiger charge is -2.08. The number of halogens is 1. The van der Waals surface area contributed by atoms with Crippen molar-refractivity contribution < 1.29 is 4.79 Å². The standard InChI is InChI=1S/C17H19ClN2O/c1-2-17(21)20-16-8-6-15(7-9-16)19-11-10-13-4-3-5-14(18)12-13/h3-9,12,19H,2,10-11H2,1H3,(H,20,21). The van der Waals surface area contributed by atoms with Crippen LogP contribution in [0.1, 0.15) is 18.9 Å². The lowest BCUT2D eigenvalue weighted by Crippen LogP contribution is -2.09. The molecule has 2 aromatic rings. The second-order valence-corrected chi connectivity index (χ2v) is 5.22. The van der Waals surface area contributed by atoms with Gasteiger partial charge in [0.15, 0.2) is 0 Å². The summed E-state index contributed by atoms with van der Waals surface area (Å²) in [7, 11) is 0. The van der Waals surface area contributed by atoms with Gasteiger partial charge >= 0.3 is 0 Å². The van der Waals surface area contributed by atoms with Crippen LogP contribution in [-0.4, -0.2) is 12.5 Å². The van der Waals surface area contributed by atoms with E-state index < -0.39 is 0 Å². The van der Waals surface area contributed by atoms with Crippen LogP contribution in [-0.2, 0) is 11.2 Å². The minimum atomic E-state index is 0.0247. The predicted molar refractivity (Wildman–Crippen MR) is 89.0 cm³/mol. The first-order valence-corrected chi connectivity index (χ1v) is 7.43. The molecule has 2 aromatic carbocycles. The van der Waals surface area contributed by atoms with Crippen LogP contribution in [0.15, 0.2) is 48.5 Å². The Morgan fingerprint density at radius 2 is 1.81 bits per heavy atom. The Morgan fingerprint density at radius 3 is 2.48 bits per heavy atom. The van der Waals surface area contributed by atoms with Crippen molar-refractivity contribution in [1.29, 1.82) is 0 Å². The molecule has 110 valence electrons. The van der Waals surface area contributed by atoms with E-state index in [2.05, 4.69) is 16.7 Å². The summed E-state index contributed by atoms with van der Waals surface area (Å²) >= 11 is 5.96. The fraction of sp³-hybridized carbons (Fsp3) is 0.235. The van der Waals surface area contributed by atoms with Crippen molar-refractivity contribution >= 4 is 28.9 Å². The van der Waals surface area contributed by atoms with Gasteiger partial charge in [0, 0.05) is 29.4 Å². The Labute approximate surface area is 130 Å². The van der Waals surface area contributed by atoms with Gasteiger partial charge in [0.1, 0.15) is 0 Å². The third-order valence-electron chi connectivity index (χ3n) is 3.12. The molecule has 2 N–H and O–H groups in total. The van der Waals surface area contributed by atoms with Crippen molar-refractivity contribution in [2.75, 3.05) is 17.2 Å². The number of carbonyl (C=O) groups excluding carboxylic acids is 1. The zero-order chi connectivity index (χ0) is 15.1. The van der Waals surface area contributed by atoms with Crippen molar-refractivity contribution in [2.45, 2.75) is 19.8 Å². The monoisotopic (exact) mass is 302 g/mol. The Balaban J connectivity index is 1.82. The lowest BCUT2D eigenvalue weighted by atomic mass is 10.1. The van der Waals surface area contributed by atoms with Crippen molar-refractivity contribution in [2.24, 2.45) is 0 Å². The smallest absolute Gasteiger partial charge is 0.224 e. The van der Waals surface area contributed by atoms with E-state index in [1.54, 1.807) is 0 Å². The van der Waals surface area contributed by atoms with E-state index in [9.17, 15) is 4.79 Å². The van der Waals surface area contributed by atoms with Crippen LogP contribution >= 0.6 is 11.6 Å². The normalized spacial score (nSPS) is 10.2. The molecule has 0 saturated heterocycles. The molecule has 0 atom stereocenters. The molecule has 0 unspecified atom stereocenters. The quantitative estimate of drug-likeness (QED) is 0.833. The maximum absolute atomic E-state index is 11.3. The van der Waals surface area contributed by atoms with E-state index in [4.69, 9.17) is 11.6 Å². The highest BCUT2D eigenvalue weighted by atomic mass is 35.5. The van der Waals surface area contributed by atoms with Gasteiger partial charge in [-0.15, -0.1) is 0 Å². The van der Waals surface area contributed by atoms with Gasteiger partial charge in [-0.25, -0.2) is 0 Å². The molecule has 0 heterocycles. The molecule has 4 heteroatoms. The summed E-state index contributed by atoms with van der Waals surface area (Å²) in [6.45, 7) is 2.67. The second-order valence-electron chi connectivity index (χ2n) is 4.79. The van der Waals surface area contributed by atoms with Crippen LogP contribution < -0.4 is 10.6 Å². The maximum atomic E-state index is 11.3. The Kier molecular flexibility index (Phi) is 5.64. The molecule has 0 spiro atoms. The second kappa shape index (κ2) is 7.70. The van der Waals surface area contributed by atoms with Crippen LogP contribution in [0, 0.1) is 0 Å². The number of anilines is 2. The molecule has 3 nitrogen and oxygen atoms in total. The Hall–Kier alpha value is -2.00. The summed E-state index contributed by atoms with van der Waals surface area (Å²) in [6.07, 6.45) is 1.40. The SMILES string of the molecule is CCC(=O)Nc1ccc(NCCc2cccc(Cl)c2)cc1. The van der Waals surface area contributed by atoms with Gasteiger partial charge in [-0.3, -0.25) is 4.79 Å². The first kappa shape index (κ1) is 15.4. The molecule has 0 radical (unpaired) electrons. The molecule has 21 heavy (non-hydrogen) atoms. The van der Waals surface area contributed by atoms with Crippen molar-refractivity contribution in [1.82, 2.24) is 0 Å². The summed E-state index contributed by atoms with van der Waals surface area (Å²) in [5.74, 6) is 0.0247. The molecular formula is C17H19ClN2O. The van der Waals surface area contributed by atoms with E-state index in [-0.39, 0.29) is 5.91 Å². The fourth-order valence-electron chi connectivity index (χ4n) is 1.96. The number of hydrogen-bond donors (Lipinski definition) is 2. The van der Waals surface area contributed by atoms with E-state index in [1.165, 1.54) is 5.56 Å². The Morgan fingerprint density at radius 1 is 1.10 bits per heavy atom. The van der Waals surface area contributed by atoms with Gasteiger partial charge in [0.25, 0.3) is 0 Å². The molecule has 2 rings (SSSR count). The average molecular weight is 303 g/mol. The summed E-state index contributed by atoms with van der Waals surface area (Å²) in [4.78, 5) is 11.3. The molecule has 0 saturated carbocycles. The minimum Gasteiger partial charge on any atom is -0.385 e. The average Bonchev–Trinajstić information content (AvgIpc) is 2.49. The summed E-state index contributed by atoms with van der Waals surface area (Å²) in [6, 6.07) is 15.6. The summed E-state index contributed by atoms with van der Waals surface area (Å²) in [5.41, 5.74) is 3.07. The number of amides is 1. The van der Waals surface area contributed by atoms with E-state index in [0.717, 1.165) is 29.4 Å². The van der Waals surface area contributed by atoms with Gasteiger partial charge in [-0.05, 0) is 48.4 Å². The zero-order valence-electron chi connectivity index (χ0n) is 12.0. The molecule has 0 aliphatic rings. The number of nitrogens with one attached hydrogen (secondary N) is 2. The van der Waals surface area contributed by atoms with Crippen LogP contribution in [0.5, 0.6) is 0 Å². The third-order valence-corrected chi connectivity index (χ3v) is 3.36. The van der Waals surface area contributed by atoms with Crippen molar-refractivity contribution in [3.8, 4) is 0 Å². The third kappa shape index (κ3) is 5.12. The number of hydrogen-bond acceptors (Lipinski definition) is 2. The van der Waals surface area contributed by atoms with Crippen molar-refractivity contribution in [3.63, 3.8) is 0 Å². The van der Waals surface area contributed by atoms with E-state index >= 15 is 0 Å². The Bertz CT molecular complexity index is 596. The van der Waals surface area contributed by atoms with Gasteiger partial charge < -0.3 is 10.6 Å². The van der Waals surface area contributed by atoms with Crippen LogP contribution in [0.3, 0.4) is 0 Å². The zero-order valence-corrected chi connectivity index (χ0v) is 12.8. The predicted octanol–water partition coefficient (Wildman–Crippen LogP) is 4.34. The number of rotatable bonds is 6. The molecule has 0 aromatic heterocycles. The van der Waals surface area contributed by atoms with E-state index in [0.29, 0.717) is 6.42 Å². The van der Waals surface area contributed by atoms with Crippen molar-refractivity contribution in [3.05, 3.63) is 59.1 Å². The highest BCUT2D eigenvalue weighted by Crippen LogP contribution is 2.15. The summed E-state index contributed by atoms with van der Waals surface area (Å²) < 4.78 is 0. The van der Waals surface area contributed by atoms with Gasteiger partial charge in [0.05, 0.1) is 0 Å². The van der Waals surface area contributed by atoms with E-state index in [1.807, 2.05) is 49.4 Å². The topological polar surface area (TPSA) is 41.1 Å². The summed E-state index contributed by atoms with van der Waals surface area (Å²) in [5, 5.41) is 6.94. The molecule has 0 fully saturated rings. The highest BCUT2D eigenvalue weighted by molar-refractivity contribution is 6.30. The van der Waals surface area contributed by atoms with Crippen LogP contribution in [0.2, 0.25) is 5.02 Å². The first-order valence-electron chi connectivity index (χ1n) is 7.05.